The molecular formula is C27H32N4O4. The lowest BCUT2D eigenvalue weighted by Gasteiger charge is -2.44. The number of rotatable bonds is 4. The number of carbonyl (C=O) groups is 2. The molecule has 35 heavy (non-hydrogen) atoms. The number of piperidine rings is 1. The minimum atomic E-state index is -0.868. The SMILES string of the molecule is CC(C)(C)C1CC(Oc2ccc(-n3ccc4cc(N5CCCC5=O)ccc43)nc2)CCN1C(=O)O. The van der Waals surface area contributed by atoms with Crippen molar-refractivity contribution < 1.29 is 19.4 Å². The van der Waals surface area contributed by atoms with Crippen LogP contribution in [0.3, 0.4) is 0 Å². The lowest BCUT2D eigenvalue weighted by molar-refractivity contribution is -0.117. The maximum absolute atomic E-state index is 12.1. The Morgan fingerprint density at radius 1 is 1.14 bits per heavy atom. The minimum Gasteiger partial charge on any atom is -0.489 e. The molecule has 2 unspecified atom stereocenters. The predicted molar refractivity (Wildman–Crippen MR) is 134 cm³/mol. The number of carboxylic acid groups (broad SMARTS) is 1. The number of carbonyl (C=O) groups excluding carboxylic acids is 1. The first-order valence-electron chi connectivity index (χ1n) is 12.2. The molecule has 0 radical (unpaired) electrons. The smallest absolute Gasteiger partial charge is 0.407 e. The summed E-state index contributed by atoms with van der Waals surface area (Å²) in [6.07, 6.45) is 5.63. The zero-order chi connectivity index (χ0) is 24.7. The molecule has 0 spiro atoms. The zero-order valence-corrected chi connectivity index (χ0v) is 20.5. The molecule has 5 rings (SSSR count). The number of anilines is 1. The molecule has 2 fully saturated rings. The number of ether oxygens (including phenoxy) is 1. The van der Waals surface area contributed by atoms with Gasteiger partial charge in [0.1, 0.15) is 17.7 Å². The quantitative estimate of drug-likeness (QED) is 0.567. The van der Waals surface area contributed by atoms with Crippen molar-refractivity contribution in [1.82, 2.24) is 14.5 Å². The topological polar surface area (TPSA) is 87.9 Å². The Bertz CT molecular complexity index is 1240. The summed E-state index contributed by atoms with van der Waals surface area (Å²) in [6, 6.07) is 11.9. The highest BCUT2D eigenvalue weighted by atomic mass is 16.5. The Hall–Kier alpha value is -3.55. The highest BCUT2D eigenvalue weighted by Crippen LogP contribution is 2.34. The van der Waals surface area contributed by atoms with Gasteiger partial charge in [-0.15, -0.1) is 0 Å². The second-order valence-electron chi connectivity index (χ2n) is 10.6. The third-order valence-corrected chi connectivity index (χ3v) is 7.13. The van der Waals surface area contributed by atoms with E-state index in [1.54, 1.807) is 11.1 Å². The van der Waals surface area contributed by atoms with Gasteiger partial charge >= 0.3 is 6.09 Å². The summed E-state index contributed by atoms with van der Waals surface area (Å²) in [7, 11) is 0. The molecule has 2 amide bonds. The van der Waals surface area contributed by atoms with Crippen molar-refractivity contribution in [3.05, 3.63) is 48.8 Å². The van der Waals surface area contributed by atoms with Crippen LogP contribution in [0.5, 0.6) is 5.75 Å². The molecule has 2 aromatic heterocycles. The summed E-state index contributed by atoms with van der Waals surface area (Å²) < 4.78 is 8.25. The molecule has 1 N–H and O–H groups in total. The van der Waals surface area contributed by atoms with Crippen LogP contribution in [-0.2, 0) is 4.79 Å². The largest absolute Gasteiger partial charge is 0.489 e. The van der Waals surface area contributed by atoms with Crippen LogP contribution in [0, 0.1) is 5.41 Å². The molecule has 184 valence electrons. The van der Waals surface area contributed by atoms with Crippen LogP contribution < -0.4 is 9.64 Å². The van der Waals surface area contributed by atoms with Crippen LogP contribution in [0.2, 0.25) is 0 Å². The Morgan fingerprint density at radius 3 is 2.63 bits per heavy atom. The van der Waals surface area contributed by atoms with Crippen molar-refractivity contribution in [2.45, 2.75) is 58.6 Å². The molecular weight excluding hydrogens is 444 g/mol. The highest BCUT2D eigenvalue weighted by molar-refractivity contribution is 5.97. The first-order chi connectivity index (χ1) is 16.7. The van der Waals surface area contributed by atoms with E-state index in [-0.39, 0.29) is 23.5 Å². The maximum Gasteiger partial charge on any atom is 0.407 e. The van der Waals surface area contributed by atoms with Gasteiger partial charge in [0, 0.05) is 55.7 Å². The second-order valence-corrected chi connectivity index (χ2v) is 10.6. The van der Waals surface area contributed by atoms with E-state index in [9.17, 15) is 14.7 Å². The number of aromatic nitrogens is 2. The summed E-state index contributed by atoms with van der Waals surface area (Å²) >= 11 is 0. The van der Waals surface area contributed by atoms with Crippen LogP contribution in [0.1, 0.15) is 46.5 Å². The fourth-order valence-electron chi connectivity index (χ4n) is 5.29. The van der Waals surface area contributed by atoms with E-state index in [1.807, 2.05) is 46.0 Å². The fraction of sp³-hybridized carbons (Fsp3) is 0.444. The lowest BCUT2D eigenvalue weighted by Crippen LogP contribution is -2.53. The van der Waals surface area contributed by atoms with Gasteiger partial charge in [-0.2, -0.15) is 0 Å². The molecule has 3 aromatic rings. The third kappa shape index (κ3) is 4.57. The number of nitrogens with zero attached hydrogens (tertiary/aromatic N) is 4. The average molecular weight is 477 g/mol. The Balaban J connectivity index is 1.30. The van der Waals surface area contributed by atoms with Gasteiger partial charge < -0.3 is 24.2 Å². The number of hydrogen-bond acceptors (Lipinski definition) is 4. The highest BCUT2D eigenvalue weighted by Gasteiger charge is 2.39. The minimum absolute atomic E-state index is 0.0541. The molecule has 2 aliphatic rings. The van der Waals surface area contributed by atoms with Gasteiger partial charge in [0.25, 0.3) is 0 Å². The lowest BCUT2D eigenvalue weighted by atomic mass is 9.80. The van der Waals surface area contributed by atoms with Crippen LogP contribution >= 0.6 is 0 Å². The van der Waals surface area contributed by atoms with Gasteiger partial charge in [-0.05, 0) is 48.2 Å². The molecule has 2 aliphatic heterocycles. The summed E-state index contributed by atoms with van der Waals surface area (Å²) in [5, 5.41) is 10.6. The van der Waals surface area contributed by atoms with Crippen molar-refractivity contribution in [3.8, 4) is 11.6 Å². The van der Waals surface area contributed by atoms with Crippen molar-refractivity contribution >= 4 is 28.6 Å². The number of pyridine rings is 1. The Morgan fingerprint density at radius 2 is 1.97 bits per heavy atom. The Kier molecular flexibility index (Phi) is 5.91. The van der Waals surface area contributed by atoms with E-state index in [2.05, 4.69) is 31.8 Å². The molecule has 0 saturated carbocycles. The fourth-order valence-corrected chi connectivity index (χ4v) is 5.29. The molecule has 4 heterocycles. The summed E-state index contributed by atoms with van der Waals surface area (Å²) in [5.41, 5.74) is 1.80. The maximum atomic E-state index is 12.1. The summed E-state index contributed by atoms with van der Waals surface area (Å²) in [4.78, 5) is 31.8. The molecule has 2 atom stereocenters. The number of likely N-dealkylation sites (tertiary alicyclic amines) is 1. The zero-order valence-electron chi connectivity index (χ0n) is 20.5. The van der Waals surface area contributed by atoms with E-state index >= 15 is 0 Å². The molecule has 0 aliphatic carbocycles. The number of hydrogen-bond donors (Lipinski definition) is 1. The predicted octanol–water partition coefficient (Wildman–Crippen LogP) is 5.09. The molecule has 2 saturated heterocycles. The normalized spacial score (nSPS) is 21.1. The van der Waals surface area contributed by atoms with Crippen molar-refractivity contribution in [1.29, 1.82) is 0 Å². The van der Waals surface area contributed by atoms with E-state index in [1.165, 1.54) is 0 Å². The van der Waals surface area contributed by atoms with Gasteiger partial charge in [-0.25, -0.2) is 9.78 Å². The van der Waals surface area contributed by atoms with Gasteiger partial charge in [0.15, 0.2) is 0 Å². The molecule has 8 heteroatoms. The van der Waals surface area contributed by atoms with Gasteiger partial charge in [-0.1, -0.05) is 20.8 Å². The monoisotopic (exact) mass is 476 g/mol. The average Bonchev–Trinajstić information content (AvgIpc) is 3.44. The summed E-state index contributed by atoms with van der Waals surface area (Å²) in [5.74, 6) is 1.65. The number of amides is 2. The molecule has 8 nitrogen and oxygen atoms in total. The van der Waals surface area contributed by atoms with Gasteiger partial charge in [0.2, 0.25) is 5.91 Å². The first kappa shape index (κ1) is 23.2. The van der Waals surface area contributed by atoms with Crippen LogP contribution in [-0.4, -0.2) is 56.8 Å². The van der Waals surface area contributed by atoms with E-state index in [0.29, 0.717) is 31.6 Å². The Labute approximate surface area is 205 Å². The van der Waals surface area contributed by atoms with Crippen LogP contribution in [0.15, 0.2) is 48.8 Å². The summed E-state index contributed by atoms with van der Waals surface area (Å²) in [6.45, 7) is 7.45. The van der Waals surface area contributed by atoms with E-state index < -0.39 is 6.09 Å². The van der Waals surface area contributed by atoms with Crippen molar-refractivity contribution in [2.75, 3.05) is 18.0 Å². The van der Waals surface area contributed by atoms with E-state index in [0.717, 1.165) is 35.4 Å². The van der Waals surface area contributed by atoms with Crippen LogP contribution in [0.25, 0.3) is 16.7 Å². The molecule has 1 aromatic carbocycles. The van der Waals surface area contributed by atoms with Crippen LogP contribution in [0.4, 0.5) is 10.5 Å². The van der Waals surface area contributed by atoms with Crippen molar-refractivity contribution in [3.63, 3.8) is 0 Å². The second kappa shape index (κ2) is 8.91. The number of benzene rings is 1. The standard InChI is InChI=1S/C27H32N4O4/c1-27(2,3)23-16-20(11-14-31(23)26(33)34)35-21-7-9-24(28-17-21)30-13-10-18-15-19(6-8-22(18)30)29-12-4-5-25(29)32/h6-10,13,15,17,20,23H,4-5,11-12,14,16H2,1-3H3,(H,33,34). The number of fused-ring (bicyclic) bond motifs is 1. The third-order valence-electron chi connectivity index (χ3n) is 7.13. The van der Waals surface area contributed by atoms with Crippen molar-refractivity contribution in [2.24, 2.45) is 5.41 Å². The molecule has 0 bridgehead atoms. The van der Waals surface area contributed by atoms with Gasteiger partial charge in [0.05, 0.1) is 11.7 Å². The van der Waals surface area contributed by atoms with Gasteiger partial charge in [-0.3, -0.25) is 4.79 Å². The van der Waals surface area contributed by atoms with E-state index in [4.69, 9.17) is 4.74 Å². The first-order valence-corrected chi connectivity index (χ1v) is 12.2.